The van der Waals surface area contributed by atoms with Gasteiger partial charge in [0, 0.05) is 12.6 Å². The minimum atomic E-state index is -0.0987. The van der Waals surface area contributed by atoms with Crippen molar-refractivity contribution in [1.29, 1.82) is 0 Å². The van der Waals surface area contributed by atoms with Crippen LogP contribution in [-0.2, 0) is 11.3 Å². The molecule has 0 spiro atoms. The van der Waals surface area contributed by atoms with Gasteiger partial charge in [-0.1, -0.05) is 59.6 Å². The first-order chi connectivity index (χ1) is 12.0. The number of carbonyl (C=O) groups is 1. The van der Waals surface area contributed by atoms with Gasteiger partial charge >= 0.3 is 0 Å². The fraction of sp³-hybridized carbons (Fsp3) is 0.350. The second-order valence-electron chi connectivity index (χ2n) is 6.61. The summed E-state index contributed by atoms with van der Waals surface area (Å²) < 4.78 is 0. The quantitative estimate of drug-likeness (QED) is 0.716. The number of anilines is 1. The van der Waals surface area contributed by atoms with E-state index in [9.17, 15) is 4.79 Å². The molecular formula is C20H22Cl2N2O. The minimum Gasteiger partial charge on any atom is -0.322 e. The maximum Gasteiger partial charge on any atom is 0.238 e. The number of hydrogen-bond acceptors (Lipinski definition) is 2. The zero-order valence-corrected chi connectivity index (χ0v) is 15.7. The molecule has 3 nitrogen and oxygen atoms in total. The van der Waals surface area contributed by atoms with Gasteiger partial charge in [-0.15, -0.1) is 0 Å². The molecule has 0 heterocycles. The first kappa shape index (κ1) is 18.2. The van der Waals surface area contributed by atoms with Crippen LogP contribution >= 0.6 is 23.2 Å². The summed E-state index contributed by atoms with van der Waals surface area (Å²) in [5.74, 6) is 0.582. The highest BCUT2D eigenvalue weighted by molar-refractivity contribution is 6.39. The molecule has 1 amide bonds. The molecule has 5 heteroatoms. The van der Waals surface area contributed by atoms with Gasteiger partial charge in [0.05, 0.1) is 22.3 Å². The maximum atomic E-state index is 12.6. The molecule has 2 aromatic rings. The van der Waals surface area contributed by atoms with Crippen LogP contribution in [0.4, 0.5) is 5.69 Å². The Morgan fingerprint density at radius 3 is 2.36 bits per heavy atom. The van der Waals surface area contributed by atoms with E-state index in [1.54, 1.807) is 18.2 Å². The Balaban J connectivity index is 1.69. The Morgan fingerprint density at radius 1 is 1.12 bits per heavy atom. The van der Waals surface area contributed by atoms with Crippen molar-refractivity contribution in [3.8, 4) is 0 Å². The van der Waals surface area contributed by atoms with Gasteiger partial charge in [-0.25, -0.2) is 0 Å². The zero-order valence-electron chi connectivity index (χ0n) is 14.2. The Kier molecular flexibility index (Phi) is 6.00. The van der Waals surface area contributed by atoms with Gasteiger partial charge in [0.15, 0.2) is 0 Å². The van der Waals surface area contributed by atoms with Gasteiger partial charge in [-0.3, -0.25) is 9.69 Å². The molecule has 0 bridgehead atoms. The summed E-state index contributed by atoms with van der Waals surface area (Å²) in [5, 5.41) is 3.76. The Labute approximate surface area is 158 Å². The third kappa shape index (κ3) is 4.97. The molecule has 0 aliphatic heterocycles. The number of rotatable bonds is 7. The van der Waals surface area contributed by atoms with Gasteiger partial charge < -0.3 is 5.32 Å². The summed E-state index contributed by atoms with van der Waals surface area (Å²) in [4.78, 5) is 14.8. The van der Waals surface area contributed by atoms with Crippen molar-refractivity contribution < 1.29 is 4.79 Å². The number of para-hydroxylation sites is 1. The molecule has 1 aliphatic rings. The van der Waals surface area contributed by atoms with Crippen LogP contribution in [0.25, 0.3) is 0 Å². The summed E-state index contributed by atoms with van der Waals surface area (Å²) in [6.45, 7) is 3.27. The average Bonchev–Trinajstić information content (AvgIpc) is 3.43. The van der Waals surface area contributed by atoms with E-state index in [1.165, 1.54) is 18.4 Å². The number of hydrogen-bond donors (Lipinski definition) is 1. The molecular weight excluding hydrogens is 355 g/mol. The van der Waals surface area contributed by atoms with Gasteiger partial charge in [0.25, 0.3) is 0 Å². The number of nitrogens with one attached hydrogen (secondary N) is 1. The normalized spacial score (nSPS) is 15.2. The van der Waals surface area contributed by atoms with Crippen LogP contribution in [0, 0.1) is 5.92 Å². The van der Waals surface area contributed by atoms with Crippen molar-refractivity contribution in [2.24, 2.45) is 5.92 Å². The highest BCUT2D eigenvalue weighted by atomic mass is 35.5. The Bertz CT molecular complexity index is 711. The fourth-order valence-electron chi connectivity index (χ4n) is 3.02. The molecule has 25 heavy (non-hydrogen) atoms. The lowest BCUT2D eigenvalue weighted by Crippen LogP contribution is -2.40. The Morgan fingerprint density at radius 2 is 1.76 bits per heavy atom. The average molecular weight is 377 g/mol. The molecule has 1 aliphatic carbocycles. The molecule has 0 radical (unpaired) electrons. The van der Waals surface area contributed by atoms with Crippen molar-refractivity contribution in [2.45, 2.75) is 32.4 Å². The first-order valence-corrected chi connectivity index (χ1v) is 9.32. The van der Waals surface area contributed by atoms with E-state index in [-0.39, 0.29) is 5.91 Å². The molecule has 2 aromatic carbocycles. The molecule has 0 aromatic heterocycles. The van der Waals surface area contributed by atoms with Crippen LogP contribution in [0.2, 0.25) is 10.0 Å². The molecule has 1 atom stereocenters. The smallest absolute Gasteiger partial charge is 0.238 e. The third-order valence-electron chi connectivity index (χ3n) is 4.68. The third-order valence-corrected chi connectivity index (χ3v) is 5.31. The lowest BCUT2D eigenvalue weighted by molar-refractivity contribution is -0.118. The lowest BCUT2D eigenvalue weighted by atomic mass is 10.1. The standard InChI is InChI=1S/C20H22Cl2N2O/c1-14(16-10-11-16)24(12-15-6-3-2-4-7-15)13-19(25)23-20-17(21)8-5-9-18(20)22/h2-9,14,16H,10-13H2,1H3,(H,23,25). The lowest BCUT2D eigenvalue weighted by Gasteiger charge is -2.29. The minimum absolute atomic E-state index is 0.0987. The van der Waals surface area contributed by atoms with Crippen LogP contribution in [0.3, 0.4) is 0 Å². The highest BCUT2D eigenvalue weighted by Gasteiger charge is 2.32. The number of carbonyl (C=O) groups excluding carboxylic acids is 1. The predicted molar refractivity (Wildman–Crippen MR) is 104 cm³/mol. The maximum absolute atomic E-state index is 12.6. The van der Waals surface area contributed by atoms with Gasteiger partial charge in [0.1, 0.15) is 0 Å². The van der Waals surface area contributed by atoms with E-state index in [0.717, 1.165) is 6.54 Å². The van der Waals surface area contributed by atoms with Crippen LogP contribution in [0.1, 0.15) is 25.3 Å². The van der Waals surface area contributed by atoms with Gasteiger partial charge in [0.2, 0.25) is 5.91 Å². The van der Waals surface area contributed by atoms with Crippen LogP contribution in [-0.4, -0.2) is 23.4 Å². The van der Waals surface area contributed by atoms with Crippen molar-refractivity contribution in [1.82, 2.24) is 4.90 Å². The largest absolute Gasteiger partial charge is 0.322 e. The summed E-state index contributed by atoms with van der Waals surface area (Å²) in [6, 6.07) is 15.8. The van der Waals surface area contributed by atoms with Crippen molar-refractivity contribution in [3.05, 3.63) is 64.1 Å². The molecule has 3 rings (SSSR count). The van der Waals surface area contributed by atoms with Crippen LogP contribution in [0.5, 0.6) is 0 Å². The number of amides is 1. The number of halogens is 2. The molecule has 1 saturated carbocycles. The van der Waals surface area contributed by atoms with Gasteiger partial charge in [-0.05, 0) is 43.4 Å². The predicted octanol–water partition coefficient (Wildman–Crippen LogP) is 5.23. The van der Waals surface area contributed by atoms with E-state index in [1.807, 2.05) is 18.2 Å². The van der Waals surface area contributed by atoms with Crippen LogP contribution in [0.15, 0.2) is 48.5 Å². The van der Waals surface area contributed by atoms with Crippen molar-refractivity contribution in [3.63, 3.8) is 0 Å². The molecule has 0 saturated heterocycles. The van der Waals surface area contributed by atoms with Crippen molar-refractivity contribution >= 4 is 34.8 Å². The summed E-state index contributed by atoms with van der Waals surface area (Å²) in [7, 11) is 0. The van der Waals surface area contributed by atoms with E-state index in [4.69, 9.17) is 23.2 Å². The summed E-state index contributed by atoms with van der Waals surface area (Å²) >= 11 is 12.3. The SMILES string of the molecule is CC(C1CC1)N(CC(=O)Nc1c(Cl)cccc1Cl)Cc1ccccc1. The van der Waals surface area contributed by atoms with E-state index < -0.39 is 0 Å². The summed E-state index contributed by atoms with van der Waals surface area (Å²) in [5.41, 5.74) is 1.69. The topological polar surface area (TPSA) is 32.3 Å². The molecule has 132 valence electrons. The fourth-order valence-corrected chi connectivity index (χ4v) is 3.51. The van der Waals surface area contributed by atoms with E-state index in [0.29, 0.717) is 34.2 Å². The first-order valence-electron chi connectivity index (χ1n) is 8.56. The highest BCUT2D eigenvalue weighted by Crippen LogP contribution is 2.36. The van der Waals surface area contributed by atoms with Crippen molar-refractivity contribution in [2.75, 3.05) is 11.9 Å². The Hall–Kier alpha value is -1.55. The number of benzene rings is 2. The molecule has 1 unspecified atom stereocenters. The van der Waals surface area contributed by atoms with Crippen LogP contribution < -0.4 is 5.32 Å². The zero-order chi connectivity index (χ0) is 17.8. The molecule has 1 fully saturated rings. The number of nitrogens with zero attached hydrogens (tertiary/aromatic N) is 1. The second kappa shape index (κ2) is 8.22. The molecule has 1 N–H and O–H groups in total. The van der Waals surface area contributed by atoms with E-state index >= 15 is 0 Å². The van der Waals surface area contributed by atoms with Gasteiger partial charge in [-0.2, -0.15) is 0 Å². The van der Waals surface area contributed by atoms with E-state index in [2.05, 4.69) is 29.3 Å². The summed E-state index contributed by atoms with van der Waals surface area (Å²) in [6.07, 6.45) is 2.48. The monoisotopic (exact) mass is 376 g/mol. The second-order valence-corrected chi connectivity index (χ2v) is 7.43.